The second-order valence-corrected chi connectivity index (χ2v) is 10.7. The van der Waals surface area contributed by atoms with E-state index in [9.17, 15) is 49.8 Å². The predicted octanol–water partition coefficient (Wildman–Crippen LogP) is -5.22. The van der Waals surface area contributed by atoms with Crippen molar-refractivity contribution in [3.05, 3.63) is 0 Å². The molecule has 2 heterocycles. The highest BCUT2D eigenvalue weighted by Crippen LogP contribution is 2.22. The Bertz CT molecular complexity index is 888. The van der Waals surface area contributed by atoms with Crippen molar-refractivity contribution in [3.8, 4) is 0 Å². The van der Waals surface area contributed by atoms with Crippen LogP contribution in [0, 0.1) is 0 Å². The molecule has 2 aliphatic heterocycles. The first-order valence-corrected chi connectivity index (χ1v) is 14.4. The largest absolute Gasteiger partial charge is 0.388 e. The van der Waals surface area contributed by atoms with Crippen LogP contribution < -0.4 is 16.4 Å². The van der Waals surface area contributed by atoms with E-state index in [1.165, 1.54) is 13.8 Å². The van der Waals surface area contributed by atoms with Crippen molar-refractivity contribution in [2.45, 2.75) is 101 Å². The Hall–Kier alpha value is -2.52. The van der Waals surface area contributed by atoms with Crippen molar-refractivity contribution < 1.29 is 68.8 Å². The molecule has 2 aliphatic rings. The molecule has 0 aromatic carbocycles. The third kappa shape index (κ3) is 11.8. The maximum atomic E-state index is 12.8. The van der Waals surface area contributed by atoms with Gasteiger partial charge in [-0.3, -0.25) is 19.2 Å². The SMILES string of the molecule is C[C@@H]1O[C@@H](OCCNC(=O)CN(CC(=O)NCCO[C@@H]2O[C@@H](C)[C@@H](O)[C@@H](O)[C@@H]2O)C(=O)CCCCC(N)=O)[C@@H](O)[C@H](O)[C@@H]1O. The van der Waals surface area contributed by atoms with Gasteiger partial charge in [-0.05, 0) is 26.7 Å². The van der Waals surface area contributed by atoms with Gasteiger partial charge in [0, 0.05) is 25.9 Å². The molecule has 0 aromatic rings. The number of hydrogen-bond donors (Lipinski definition) is 9. The number of primary amides is 1. The summed E-state index contributed by atoms with van der Waals surface area (Å²) in [7, 11) is 0. The summed E-state index contributed by atoms with van der Waals surface area (Å²) in [6.07, 6.45) is -11.9. The molecule has 0 unspecified atom stereocenters. The molecule has 2 fully saturated rings. The number of nitrogens with two attached hydrogens (primary N) is 1. The molecule has 18 nitrogen and oxygen atoms in total. The summed E-state index contributed by atoms with van der Waals surface area (Å²) in [5.41, 5.74) is 5.12. The van der Waals surface area contributed by atoms with Gasteiger partial charge in [0.1, 0.15) is 49.7 Å². The lowest BCUT2D eigenvalue weighted by atomic mass is 10.0. The average Bonchev–Trinajstić information content (AvgIpc) is 2.97. The minimum Gasteiger partial charge on any atom is -0.388 e. The first-order valence-electron chi connectivity index (χ1n) is 14.4. The number of amides is 4. The highest BCUT2D eigenvalue weighted by atomic mass is 16.7. The summed E-state index contributed by atoms with van der Waals surface area (Å²) in [6.45, 7) is 1.61. The molecule has 254 valence electrons. The van der Waals surface area contributed by atoms with Crippen LogP contribution in [0.15, 0.2) is 0 Å². The van der Waals surface area contributed by atoms with E-state index in [-0.39, 0.29) is 39.1 Å². The zero-order valence-electron chi connectivity index (χ0n) is 24.8. The van der Waals surface area contributed by atoms with Crippen LogP contribution in [0.4, 0.5) is 0 Å². The molecule has 2 saturated heterocycles. The molecular formula is C26H46N4O14. The van der Waals surface area contributed by atoms with Crippen LogP contribution in [0.5, 0.6) is 0 Å². The molecule has 0 aromatic heterocycles. The molecule has 0 aliphatic carbocycles. The van der Waals surface area contributed by atoms with Gasteiger partial charge in [0.05, 0.1) is 25.4 Å². The van der Waals surface area contributed by atoms with Crippen LogP contribution in [-0.4, -0.2) is 160 Å². The molecule has 0 spiro atoms. The van der Waals surface area contributed by atoms with Gasteiger partial charge in [-0.15, -0.1) is 0 Å². The van der Waals surface area contributed by atoms with Crippen molar-refractivity contribution in [1.82, 2.24) is 15.5 Å². The number of carbonyl (C=O) groups is 4. The Balaban J connectivity index is 1.81. The molecule has 0 bridgehead atoms. The van der Waals surface area contributed by atoms with Gasteiger partial charge in [-0.2, -0.15) is 0 Å². The lowest BCUT2D eigenvalue weighted by Crippen LogP contribution is -2.57. The fourth-order valence-corrected chi connectivity index (χ4v) is 4.46. The topological polar surface area (TPSA) is 280 Å². The third-order valence-electron chi connectivity index (χ3n) is 7.11. The van der Waals surface area contributed by atoms with E-state index >= 15 is 0 Å². The lowest BCUT2D eigenvalue weighted by molar-refractivity contribution is -0.292. The van der Waals surface area contributed by atoms with E-state index in [0.29, 0.717) is 12.8 Å². The fourth-order valence-electron chi connectivity index (χ4n) is 4.46. The van der Waals surface area contributed by atoms with Gasteiger partial charge in [-0.1, -0.05) is 0 Å². The van der Waals surface area contributed by atoms with Gasteiger partial charge in [0.2, 0.25) is 23.6 Å². The van der Waals surface area contributed by atoms with E-state index in [1.54, 1.807) is 0 Å². The number of aliphatic hydroxyl groups is 6. The van der Waals surface area contributed by atoms with Gasteiger partial charge >= 0.3 is 0 Å². The Labute approximate surface area is 254 Å². The maximum Gasteiger partial charge on any atom is 0.239 e. The summed E-state index contributed by atoms with van der Waals surface area (Å²) in [5.74, 6) is -2.28. The first kappa shape index (κ1) is 37.7. The maximum absolute atomic E-state index is 12.8. The number of ether oxygens (including phenoxy) is 4. The van der Waals surface area contributed by atoms with Crippen molar-refractivity contribution >= 4 is 23.6 Å². The minimum absolute atomic E-state index is 0.0490. The zero-order valence-corrected chi connectivity index (χ0v) is 24.8. The quantitative estimate of drug-likeness (QED) is 0.0674. The number of unbranched alkanes of at least 4 members (excludes halogenated alkanes) is 1. The predicted molar refractivity (Wildman–Crippen MR) is 147 cm³/mol. The number of nitrogens with one attached hydrogen (secondary N) is 2. The van der Waals surface area contributed by atoms with Crippen LogP contribution in [-0.2, 0) is 38.1 Å². The summed E-state index contributed by atoms with van der Waals surface area (Å²) in [4.78, 5) is 49.9. The number of nitrogens with zero attached hydrogens (tertiary/aromatic N) is 1. The highest BCUT2D eigenvalue weighted by Gasteiger charge is 2.43. The standard InChI is InChI=1S/C26H46N4O14/c1-13-19(35)21(37)23(39)25(43-13)41-9-7-28-16(32)11-30(18(34)6-4-3-5-15(27)31)12-17(33)29-8-10-42-26-24(40)22(38)20(36)14(2)44-26/h13-14,19-26,35-40H,3-12H2,1-2H3,(H2,27,31)(H,28,32)(H,29,33)/t13-,14-,19+,20+,21+,22+,23-,24-,25+,26+/m0/s1. The number of carbonyl (C=O) groups excluding carboxylic acids is 4. The monoisotopic (exact) mass is 638 g/mol. The van der Waals surface area contributed by atoms with Crippen LogP contribution in [0.3, 0.4) is 0 Å². The molecule has 2 rings (SSSR count). The van der Waals surface area contributed by atoms with Crippen LogP contribution in [0.25, 0.3) is 0 Å². The van der Waals surface area contributed by atoms with Gasteiger partial charge in [0.15, 0.2) is 12.6 Å². The molecule has 4 amide bonds. The van der Waals surface area contributed by atoms with Gasteiger partial charge in [-0.25, -0.2) is 0 Å². The van der Waals surface area contributed by atoms with Crippen molar-refractivity contribution in [3.63, 3.8) is 0 Å². The molecule has 0 radical (unpaired) electrons. The Morgan fingerprint density at radius 2 is 1.09 bits per heavy atom. The Kier molecular flexibility index (Phi) is 15.8. The average molecular weight is 639 g/mol. The molecule has 10 N–H and O–H groups in total. The smallest absolute Gasteiger partial charge is 0.239 e. The van der Waals surface area contributed by atoms with Crippen LogP contribution >= 0.6 is 0 Å². The van der Waals surface area contributed by atoms with Crippen molar-refractivity contribution in [2.75, 3.05) is 39.4 Å². The molecule has 44 heavy (non-hydrogen) atoms. The summed E-state index contributed by atoms with van der Waals surface area (Å²) >= 11 is 0. The molecule has 10 atom stereocenters. The summed E-state index contributed by atoms with van der Waals surface area (Å²) < 4.78 is 21.3. The second-order valence-electron chi connectivity index (χ2n) is 10.7. The normalized spacial score (nSPS) is 32.1. The van der Waals surface area contributed by atoms with E-state index in [2.05, 4.69) is 10.6 Å². The van der Waals surface area contributed by atoms with E-state index < -0.39 is 98.1 Å². The van der Waals surface area contributed by atoms with E-state index in [4.69, 9.17) is 24.7 Å². The zero-order chi connectivity index (χ0) is 33.0. The Morgan fingerprint density at radius 3 is 1.50 bits per heavy atom. The van der Waals surface area contributed by atoms with Crippen LogP contribution in [0.1, 0.15) is 39.5 Å². The van der Waals surface area contributed by atoms with E-state index in [0.717, 1.165) is 4.90 Å². The third-order valence-corrected chi connectivity index (χ3v) is 7.11. The highest BCUT2D eigenvalue weighted by molar-refractivity contribution is 5.89. The van der Waals surface area contributed by atoms with Gasteiger partial charge < -0.3 is 70.9 Å². The summed E-state index contributed by atoms with van der Waals surface area (Å²) in [5, 5.41) is 64.3. The number of aliphatic hydroxyl groups excluding tert-OH is 6. The number of hydrogen-bond acceptors (Lipinski definition) is 14. The summed E-state index contributed by atoms with van der Waals surface area (Å²) in [6, 6.07) is 0. The number of rotatable bonds is 17. The van der Waals surface area contributed by atoms with Crippen molar-refractivity contribution in [1.29, 1.82) is 0 Å². The fraction of sp³-hybridized carbons (Fsp3) is 0.846. The van der Waals surface area contributed by atoms with Crippen LogP contribution in [0.2, 0.25) is 0 Å². The van der Waals surface area contributed by atoms with E-state index in [1.807, 2.05) is 0 Å². The van der Waals surface area contributed by atoms with Crippen molar-refractivity contribution in [2.24, 2.45) is 5.73 Å². The first-order chi connectivity index (χ1) is 20.7. The molecule has 0 saturated carbocycles. The van der Waals surface area contributed by atoms with Gasteiger partial charge in [0.25, 0.3) is 0 Å². The molecular weight excluding hydrogens is 592 g/mol. The Morgan fingerprint density at radius 1 is 0.682 bits per heavy atom. The molecule has 18 heteroatoms. The lowest BCUT2D eigenvalue weighted by Gasteiger charge is -2.38. The minimum atomic E-state index is -1.51. The second kappa shape index (κ2) is 18.4.